The summed E-state index contributed by atoms with van der Waals surface area (Å²) in [6.45, 7) is 7.51. The van der Waals surface area contributed by atoms with Gasteiger partial charge in [0.15, 0.2) is 0 Å². The average Bonchev–Trinajstić information content (AvgIpc) is 2.37. The van der Waals surface area contributed by atoms with Crippen LogP contribution in [0.15, 0.2) is 0 Å². The molecule has 1 atom stereocenters. The SMILES string of the molecule is CCCNC(CO)CN1CCC(COC)CC1. The molecule has 0 aromatic rings. The zero-order valence-electron chi connectivity index (χ0n) is 11.3. The predicted molar refractivity (Wildman–Crippen MR) is 70.2 cm³/mol. The maximum Gasteiger partial charge on any atom is 0.0597 e. The molecule has 1 unspecified atom stereocenters. The third kappa shape index (κ3) is 5.82. The first-order valence-corrected chi connectivity index (χ1v) is 6.85. The lowest BCUT2D eigenvalue weighted by Gasteiger charge is -2.33. The molecule has 1 saturated heterocycles. The van der Waals surface area contributed by atoms with Crippen molar-refractivity contribution in [2.45, 2.75) is 32.2 Å². The number of ether oxygens (including phenoxy) is 1. The van der Waals surface area contributed by atoms with E-state index >= 15 is 0 Å². The fourth-order valence-electron chi connectivity index (χ4n) is 2.42. The van der Waals surface area contributed by atoms with Crippen LogP contribution in [0.4, 0.5) is 0 Å². The van der Waals surface area contributed by atoms with Gasteiger partial charge in [-0.15, -0.1) is 0 Å². The van der Waals surface area contributed by atoms with Crippen molar-refractivity contribution >= 4 is 0 Å². The Kier molecular flexibility index (Phi) is 7.77. The first-order valence-electron chi connectivity index (χ1n) is 6.85. The van der Waals surface area contributed by atoms with Crippen molar-refractivity contribution in [2.75, 3.05) is 46.5 Å². The minimum absolute atomic E-state index is 0.230. The summed E-state index contributed by atoms with van der Waals surface area (Å²) in [6, 6.07) is 0.230. The van der Waals surface area contributed by atoms with Gasteiger partial charge in [-0.3, -0.25) is 0 Å². The summed E-state index contributed by atoms with van der Waals surface area (Å²) in [4.78, 5) is 2.45. The van der Waals surface area contributed by atoms with E-state index in [4.69, 9.17) is 4.74 Å². The van der Waals surface area contributed by atoms with Crippen molar-refractivity contribution in [1.82, 2.24) is 10.2 Å². The second kappa shape index (κ2) is 8.86. The molecule has 1 aliphatic rings. The van der Waals surface area contributed by atoms with E-state index in [1.54, 1.807) is 7.11 Å². The molecule has 4 nitrogen and oxygen atoms in total. The van der Waals surface area contributed by atoms with Gasteiger partial charge in [0.2, 0.25) is 0 Å². The Morgan fingerprint density at radius 1 is 1.41 bits per heavy atom. The number of piperidine rings is 1. The molecule has 17 heavy (non-hydrogen) atoms. The molecule has 1 aliphatic heterocycles. The van der Waals surface area contributed by atoms with Crippen LogP contribution in [0.5, 0.6) is 0 Å². The van der Waals surface area contributed by atoms with Gasteiger partial charge in [0, 0.05) is 26.3 Å². The van der Waals surface area contributed by atoms with Gasteiger partial charge < -0.3 is 20.1 Å². The van der Waals surface area contributed by atoms with Crippen molar-refractivity contribution < 1.29 is 9.84 Å². The van der Waals surface area contributed by atoms with Crippen LogP contribution in [0.25, 0.3) is 0 Å². The monoisotopic (exact) mass is 244 g/mol. The van der Waals surface area contributed by atoms with E-state index in [1.807, 2.05) is 0 Å². The van der Waals surface area contributed by atoms with E-state index in [0.717, 1.165) is 45.1 Å². The largest absolute Gasteiger partial charge is 0.395 e. The molecule has 0 amide bonds. The molecule has 0 aromatic heterocycles. The Hall–Kier alpha value is -0.160. The van der Waals surface area contributed by atoms with Crippen molar-refractivity contribution in [3.05, 3.63) is 0 Å². The van der Waals surface area contributed by atoms with Gasteiger partial charge in [0.25, 0.3) is 0 Å². The van der Waals surface area contributed by atoms with Crippen molar-refractivity contribution in [2.24, 2.45) is 5.92 Å². The maximum atomic E-state index is 9.31. The van der Waals surface area contributed by atoms with Crippen LogP contribution in [-0.4, -0.2) is 62.6 Å². The second-order valence-electron chi connectivity index (χ2n) is 5.03. The average molecular weight is 244 g/mol. The molecule has 1 rings (SSSR count). The normalized spacial score (nSPS) is 20.6. The number of aliphatic hydroxyl groups is 1. The van der Waals surface area contributed by atoms with E-state index in [9.17, 15) is 5.11 Å². The molecular formula is C13H28N2O2. The Morgan fingerprint density at radius 3 is 2.65 bits per heavy atom. The first kappa shape index (κ1) is 14.9. The number of nitrogens with zero attached hydrogens (tertiary/aromatic N) is 1. The number of rotatable bonds is 8. The van der Waals surface area contributed by atoms with Crippen LogP contribution in [0.3, 0.4) is 0 Å². The fraction of sp³-hybridized carbons (Fsp3) is 1.00. The number of hydrogen-bond donors (Lipinski definition) is 2. The minimum Gasteiger partial charge on any atom is -0.395 e. The Bertz CT molecular complexity index is 182. The molecule has 1 heterocycles. The molecule has 2 N–H and O–H groups in total. The first-order chi connectivity index (χ1) is 8.30. The lowest BCUT2D eigenvalue weighted by molar-refractivity contribution is 0.0896. The van der Waals surface area contributed by atoms with Gasteiger partial charge in [0.05, 0.1) is 6.61 Å². The topological polar surface area (TPSA) is 44.7 Å². The molecule has 0 bridgehead atoms. The van der Waals surface area contributed by atoms with Gasteiger partial charge in [-0.1, -0.05) is 6.92 Å². The van der Waals surface area contributed by atoms with Crippen LogP contribution < -0.4 is 5.32 Å². The van der Waals surface area contributed by atoms with Crippen molar-refractivity contribution in [3.8, 4) is 0 Å². The minimum atomic E-state index is 0.230. The second-order valence-corrected chi connectivity index (χ2v) is 5.03. The summed E-state index contributed by atoms with van der Waals surface area (Å²) in [5.74, 6) is 0.729. The van der Waals surface area contributed by atoms with Gasteiger partial charge in [-0.25, -0.2) is 0 Å². The molecule has 0 radical (unpaired) electrons. The van der Waals surface area contributed by atoms with E-state index in [-0.39, 0.29) is 12.6 Å². The number of likely N-dealkylation sites (tertiary alicyclic amines) is 1. The maximum absolute atomic E-state index is 9.31. The highest BCUT2D eigenvalue weighted by Crippen LogP contribution is 2.17. The van der Waals surface area contributed by atoms with E-state index in [2.05, 4.69) is 17.1 Å². The summed E-state index contributed by atoms with van der Waals surface area (Å²) < 4.78 is 5.20. The molecule has 102 valence electrons. The van der Waals surface area contributed by atoms with Crippen LogP contribution >= 0.6 is 0 Å². The van der Waals surface area contributed by atoms with E-state index < -0.39 is 0 Å². The summed E-state index contributed by atoms with van der Waals surface area (Å²) in [6.07, 6.45) is 3.56. The van der Waals surface area contributed by atoms with Crippen molar-refractivity contribution in [3.63, 3.8) is 0 Å². The fourth-order valence-corrected chi connectivity index (χ4v) is 2.42. The highest BCUT2D eigenvalue weighted by molar-refractivity contribution is 4.77. The Labute approximate surface area is 105 Å². The van der Waals surface area contributed by atoms with Crippen LogP contribution in [0, 0.1) is 5.92 Å². The van der Waals surface area contributed by atoms with Gasteiger partial charge in [-0.05, 0) is 44.8 Å². The highest BCUT2D eigenvalue weighted by atomic mass is 16.5. The van der Waals surface area contributed by atoms with Gasteiger partial charge in [0.1, 0.15) is 0 Å². The summed E-state index contributed by atoms with van der Waals surface area (Å²) in [5.41, 5.74) is 0. The standard InChI is InChI=1S/C13H28N2O2/c1-3-6-14-13(10-16)9-15-7-4-12(5-8-15)11-17-2/h12-14,16H,3-11H2,1-2H3. The lowest BCUT2D eigenvalue weighted by atomic mass is 9.97. The quantitative estimate of drug-likeness (QED) is 0.660. The molecule has 0 spiro atoms. The molecule has 1 fully saturated rings. The van der Waals surface area contributed by atoms with E-state index in [0.29, 0.717) is 0 Å². The van der Waals surface area contributed by atoms with Crippen molar-refractivity contribution in [1.29, 1.82) is 0 Å². The van der Waals surface area contributed by atoms with Crippen LogP contribution in [0.2, 0.25) is 0 Å². The smallest absolute Gasteiger partial charge is 0.0597 e. The predicted octanol–water partition coefficient (Wildman–Crippen LogP) is 0.705. The molecule has 0 saturated carbocycles. The summed E-state index contributed by atoms with van der Waals surface area (Å²) in [5, 5.41) is 12.7. The Morgan fingerprint density at radius 2 is 2.12 bits per heavy atom. The molecule has 4 heteroatoms. The molecule has 0 aliphatic carbocycles. The number of methoxy groups -OCH3 is 1. The lowest BCUT2D eigenvalue weighted by Crippen LogP contribution is -2.46. The van der Waals surface area contributed by atoms with Gasteiger partial charge >= 0.3 is 0 Å². The summed E-state index contributed by atoms with van der Waals surface area (Å²) in [7, 11) is 1.78. The van der Waals surface area contributed by atoms with Crippen LogP contribution in [0.1, 0.15) is 26.2 Å². The van der Waals surface area contributed by atoms with Gasteiger partial charge in [-0.2, -0.15) is 0 Å². The third-order valence-electron chi connectivity index (χ3n) is 3.49. The van der Waals surface area contributed by atoms with Crippen LogP contribution in [-0.2, 0) is 4.74 Å². The zero-order chi connectivity index (χ0) is 12.5. The highest BCUT2D eigenvalue weighted by Gasteiger charge is 2.20. The molecule has 0 aromatic carbocycles. The van der Waals surface area contributed by atoms with E-state index in [1.165, 1.54) is 12.8 Å². The number of aliphatic hydroxyl groups excluding tert-OH is 1. The zero-order valence-corrected chi connectivity index (χ0v) is 11.3. The Balaban J connectivity index is 2.19. The number of hydrogen-bond acceptors (Lipinski definition) is 4. The molecular weight excluding hydrogens is 216 g/mol. The third-order valence-corrected chi connectivity index (χ3v) is 3.49. The number of nitrogens with one attached hydrogen (secondary N) is 1. The summed E-state index contributed by atoms with van der Waals surface area (Å²) >= 11 is 0.